The molecule has 1 amide bonds. The van der Waals surface area contributed by atoms with E-state index in [0.717, 1.165) is 22.3 Å². The molecule has 5 rings (SSSR count). The summed E-state index contributed by atoms with van der Waals surface area (Å²) in [6, 6.07) is 17.9. The second-order valence-electron chi connectivity index (χ2n) is 10.9. The number of aromatic nitrogens is 1. The van der Waals surface area contributed by atoms with Gasteiger partial charge in [-0.05, 0) is 49.9 Å². The van der Waals surface area contributed by atoms with Crippen LogP contribution in [0.2, 0.25) is 0 Å². The van der Waals surface area contributed by atoms with E-state index in [1.807, 2.05) is 64.1 Å². The number of hydrogen-bond acceptors (Lipinski definition) is 7. The molecule has 2 atom stereocenters. The molecule has 0 spiro atoms. The Labute approximate surface area is 223 Å². The summed E-state index contributed by atoms with van der Waals surface area (Å²) in [5.74, 6) is -0.0625. The molecule has 1 saturated heterocycles. The highest BCUT2D eigenvalue weighted by atomic mass is 16.7. The van der Waals surface area contributed by atoms with Gasteiger partial charge < -0.3 is 29.6 Å². The van der Waals surface area contributed by atoms with Crippen LogP contribution in [0.4, 0.5) is 4.79 Å². The summed E-state index contributed by atoms with van der Waals surface area (Å²) in [5, 5.41) is 23.9. The van der Waals surface area contributed by atoms with Gasteiger partial charge in [-0.15, -0.1) is 0 Å². The third-order valence-corrected chi connectivity index (χ3v) is 7.81. The lowest BCUT2D eigenvalue weighted by molar-refractivity contribution is 0.00578. The van der Waals surface area contributed by atoms with E-state index in [4.69, 9.17) is 14.0 Å². The molecule has 0 saturated carbocycles. The maximum atomic E-state index is 12.5. The summed E-state index contributed by atoms with van der Waals surface area (Å²) in [5.41, 5.74) is 4.52. The molecule has 0 bridgehead atoms. The molecule has 9 heteroatoms. The Balaban J connectivity index is 1.17. The van der Waals surface area contributed by atoms with Crippen molar-refractivity contribution in [2.24, 2.45) is 0 Å². The van der Waals surface area contributed by atoms with Gasteiger partial charge in [0.25, 0.3) is 0 Å². The highest BCUT2D eigenvalue weighted by Crippen LogP contribution is 2.44. The number of alkyl carbamates (subject to hydrolysis) is 1. The molecule has 1 aromatic heterocycles. The van der Waals surface area contributed by atoms with Gasteiger partial charge in [0.15, 0.2) is 0 Å². The lowest BCUT2D eigenvalue weighted by Crippen LogP contribution is -2.41. The summed E-state index contributed by atoms with van der Waals surface area (Å²) in [7, 11) is -0.643. The van der Waals surface area contributed by atoms with Crippen molar-refractivity contribution in [3.8, 4) is 11.1 Å². The lowest BCUT2D eigenvalue weighted by atomic mass is 9.79. The van der Waals surface area contributed by atoms with E-state index in [1.165, 1.54) is 6.20 Å². The first kappa shape index (κ1) is 26.4. The van der Waals surface area contributed by atoms with Crippen LogP contribution in [0.1, 0.15) is 56.4 Å². The summed E-state index contributed by atoms with van der Waals surface area (Å²) in [4.78, 5) is 16.7. The minimum Gasteiger partial charge on any atom is -0.449 e. The zero-order chi connectivity index (χ0) is 27.1. The summed E-state index contributed by atoms with van der Waals surface area (Å²) >= 11 is 0. The smallest absolute Gasteiger partial charge is 0.449 e. The molecule has 1 fully saturated rings. The standard InChI is InChI=1S/C29H33BN2O6/c1-28(2)29(3,4)38-30(37-28)19-13-18(14-31-15-19)26(34)25(33)16-32-27(35)36-17-24-22-11-7-5-9-20(22)21-10-6-8-12-23(21)24/h5-15,24-26,33-34H,16-17H2,1-4H3,(H,32,35). The molecule has 198 valence electrons. The number of benzene rings is 2. The predicted octanol–water partition coefficient (Wildman–Crippen LogP) is 3.31. The maximum absolute atomic E-state index is 12.5. The Morgan fingerprint density at radius 3 is 2.18 bits per heavy atom. The first-order valence-corrected chi connectivity index (χ1v) is 12.8. The number of pyridine rings is 1. The summed E-state index contributed by atoms with van der Waals surface area (Å²) < 4.78 is 17.6. The third kappa shape index (κ3) is 4.95. The zero-order valence-electron chi connectivity index (χ0n) is 22.0. The highest BCUT2D eigenvalue weighted by Gasteiger charge is 2.52. The number of carbonyl (C=O) groups excluding carboxylic acids is 1. The van der Waals surface area contributed by atoms with E-state index in [0.29, 0.717) is 11.0 Å². The first-order valence-electron chi connectivity index (χ1n) is 12.8. The Morgan fingerprint density at radius 1 is 1.00 bits per heavy atom. The minimum absolute atomic E-state index is 0.0625. The number of rotatable bonds is 7. The summed E-state index contributed by atoms with van der Waals surface area (Å²) in [6.45, 7) is 7.79. The van der Waals surface area contributed by atoms with Crippen LogP contribution in [0.3, 0.4) is 0 Å². The highest BCUT2D eigenvalue weighted by molar-refractivity contribution is 6.62. The third-order valence-electron chi connectivity index (χ3n) is 7.81. The van der Waals surface area contributed by atoms with Gasteiger partial charge in [0.1, 0.15) is 18.8 Å². The Morgan fingerprint density at radius 2 is 1.58 bits per heavy atom. The van der Waals surface area contributed by atoms with Gasteiger partial charge in [0.05, 0.1) is 11.2 Å². The van der Waals surface area contributed by atoms with Crippen molar-refractivity contribution < 1.29 is 29.1 Å². The summed E-state index contributed by atoms with van der Waals surface area (Å²) in [6.07, 6.45) is -0.137. The van der Waals surface area contributed by atoms with E-state index < -0.39 is 36.6 Å². The Kier molecular flexibility index (Phi) is 7.04. The van der Waals surface area contributed by atoms with Crippen molar-refractivity contribution in [1.82, 2.24) is 10.3 Å². The van der Waals surface area contributed by atoms with E-state index in [-0.39, 0.29) is 19.1 Å². The van der Waals surface area contributed by atoms with Gasteiger partial charge in [0.2, 0.25) is 0 Å². The molecule has 1 aliphatic carbocycles. The second-order valence-corrected chi connectivity index (χ2v) is 10.9. The number of aliphatic hydroxyl groups is 2. The number of hydrogen-bond donors (Lipinski definition) is 3. The molecule has 2 heterocycles. The molecule has 1 aliphatic heterocycles. The number of nitrogens with one attached hydrogen (secondary N) is 1. The molecule has 3 aromatic rings. The fraction of sp³-hybridized carbons (Fsp3) is 0.379. The van der Waals surface area contributed by atoms with E-state index in [2.05, 4.69) is 22.4 Å². The van der Waals surface area contributed by atoms with Crippen LogP contribution in [0.5, 0.6) is 0 Å². The van der Waals surface area contributed by atoms with Gasteiger partial charge in [-0.1, -0.05) is 54.6 Å². The van der Waals surface area contributed by atoms with Crippen LogP contribution >= 0.6 is 0 Å². The maximum Gasteiger partial charge on any atom is 0.496 e. The number of ether oxygens (including phenoxy) is 1. The predicted molar refractivity (Wildman–Crippen MR) is 144 cm³/mol. The molecular weight excluding hydrogens is 483 g/mol. The molecular formula is C29H33BN2O6. The molecule has 2 unspecified atom stereocenters. The monoisotopic (exact) mass is 516 g/mol. The normalized spacial score (nSPS) is 18.9. The topological polar surface area (TPSA) is 110 Å². The van der Waals surface area contributed by atoms with Crippen molar-refractivity contribution in [3.63, 3.8) is 0 Å². The van der Waals surface area contributed by atoms with Crippen LogP contribution in [-0.4, -0.2) is 58.9 Å². The fourth-order valence-electron chi connectivity index (χ4n) is 4.92. The second kappa shape index (κ2) is 10.1. The average molecular weight is 516 g/mol. The number of aliphatic hydroxyl groups excluding tert-OH is 2. The largest absolute Gasteiger partial charge is 0.496 e. The van der Waals surface area contributed by atoms with Crippen molar-refractivity contribution in [3.05, 3.63) is 83.7 Å². The molecule has 38 heavy (non-hydrogen) atoms. The quantitative estimate of drug-likeness (QED) is 0.414. The van der Waals surface area contributed by atoms with Gasteiger partial charge in [0, 0.05) is 35.9 Å². The SMILES string of the molecule is CC1(C)OB(c2cncc(C(O)C(O)CNC(=O)OCC3c4ccccc4-c4ccccc43)c2)OC1(C)C. The van der Waals surface area contributed by atoms with Crippen LogP contribution in [-0.2, 0) is 14.0 Å². The van der Waals surface area contributed by atoms with Gasteiger partial charge in [-0.3, -0.25) is 4.98 Å². The minimum atomic E-state index is -1.28. The van der Waals surface area contributed by atoms with Crippen LogP contribution in [0.25, 0.3) is 11.1 Å². The molecule has 0 radical (unpaired) electrons. The van der Waals surface area contributed by atoms with E-state index in [9.17, 15) is 15.0 Å². The van der Waals surface area contributed by atoms with Crippen molar-refractivity contribution in [2.45, 2.75) is 57.0 Å². The van der Waals surface area contributed by atoms with Gasteiger partial charge in [-0.25, -0.2) is 4.79 Å². The van der Waals surface area contributed by atoms with Crippen LogP contribution in [0, 0.1) is 0 Å². The van der Waals surface area contributed by atoms with E-state index >= 15 is 0 Å². The van der Waals surface area contributed by atoms with Crippen molar-refractivity contribution >= 4 is 18.7 Å². The number of nitrogens with zero attached hydrogens (tertiary/aromatic N) is 1. The molecule has 2 aromatic carbocycles. The average Bonchev–Trinajstić information content (AvgIpc) is 3.34. The molecule has 8 nitrogen and oxygen atoms in total. The molecule has 3 N–H and O–H groups in total. The van der Waals surface area contributed by atoms with E-state index in [1.54, 1.807) is 12.3 Å². The number of carbonyl (C=O) groups is 1. The Bertz CT molecular complexity index is 1270. The van der Waals surface area contributed by atoms with Crippen LogP contribution in [0.15, 0.2) is 67.0 Å². The Hall–Kier alpha value is -3.24. The van der Waals surface area contributed by atoms with Crippen molar-refractivity contribution in [1.29, 1.82) is 0 Å². The van der Waals surface area contributed by atoms with Gasteiger partial charge >= 0.3 is 13.2 Å². The van der Waals surface area contributed by atoms with Gasteiger partial charge in [-0.2, -0.15) is 0 Å². The zero-order valence-corrected chi connectivity index (χ0v) is 22.0. The number of amides is 1. The molecule has 2 aliphatic rings. The first-order chi connectivity index (χ1) is 18.1. The van der Waals surface area contributed by atoms with Crippen molar-refractivity contribution in [2.75, 3.05) is 13.2 Å². The number of fused-ring (bicyclic) bond motifs is 3. The lowest BCUT2D eigenvalue weighted by Gasteiger charge is -2.32. The fourth-order valence-corrected chi connectivity index (χ4v) is 4.92. The van der Waals surface area contributed by atoms with Crippen LogP contribution < -0.4 is 10.8 Å².